The third-order valence-electron chi connectivity index (χ3n) is 4.69. The van der Waals surface area contributed by atoms with Crippen LogP contribution in [0.5, 0.6) is 0 Å². The van der Waals surface area contributed by atoms with E-state index in [4.69, 9.17) is 4.74 Å². The lowest BCUT2D eigenvalue weighted by Crippen LogP contribution is -2.44. The van der Waals surface area contributed by atoms with Crippen molar-refractivity contribution in [3.63, 3.8) is 0 Å². The summed E-state index contributed by atoms with van der Waals surface area (Å²) in [6.07, 6.45) is 9.65. The summed E-state index contributed by atoms with van der Waals surface area (Å²) in [7, 11) is 2.27. The van der Waals surface area contributed by atoms with Gasteiger partial charge in [-0.1, -0.05) is 20.3 Å². The van der Waals surface area contributed by atoms with E-state index in [-0.39, 0.29) is 0 Å². The van der Waals surface area contributed by atoms with Gasteiger partial charge in [0.1, 0.15) is 0 Å². The Labute approximate surface area is 125 Å². The summed E-state index contributed by atoms with van der Waals surface area (Å²) in [6.45, 7) is 9.17. The highest BCUT2D eigenvalue weighted by molar-refractivity contribution is 4.87. The molecular formula is C17H34N2O. The van der Waals surface area contributed by atoms with Gasteiger partial charge >= 0.3 is 0 Å². The molecule has 118 valence electrons. The monoisotopic (exact) mass is 282 g/mol. The molecule has 0 amide bonds. The third kappa shape index (κ3) is 5.71. The number of hydrogen-bond acceptors (Lipinski definition) is 3. The van der Waals surface area contributed by atoms with Gasteiger partial charge in [-0.25, -0.2) is 0 Å². The Balaban J connectivity index is 1.75. The fraction of sp³-hybridized carbons (Fsp3) is 1.00. The fourth-order valence-electron chi connectivity index (χ4n) is 3.52. The average molecular weight is 282 g/mol. The van der Waals surface area contributed by atoms with Crippen molar-refractivity contribution in [2.75, 3.05) is 33.3 Å². The smallest absolute Gasteiger partial charge is 0.0701 e. The molecule has 1 saturated carbocycles. The van der Waals surface area contributed by atoms with E-state index in [0.29, 0.717) is 11.5 Å². The first kappa shape index (κ1) is 16.3. The van der Waals surface area contributed by atoms with Crippen molar-refractivity contribution >= 4 is 0 Å². The summed E-state index contributed by atoms with van der Waals surface area (Å²) in [5, 5.41) is 3.73. The summed E-state index contributed by atoms with van der Waals surface area (Å²) in [5.41, 5.74) is 0.404. The van der Waals surface area contributed by atoms with Crippen LogP contribution in [0.15, 0.2) is 0 Å². The molecule has 0 aromatic heterocycles. The molecule has 0 aromatic carbocycles. The van der Waals surface area contributed by atoms with Gasteiger partial charge in [0, 0.05) is 32.3 Å². The zero-order valence-electron chi connectivity index (χ0n) is 13.8. The minimum atomic E-state index is 0.404. The highest BCUT2D eigenvalue weighted by atomic mass is 16.5. The van der Waals surface area contributed by atoms with Crippen LogP contribution in [0.3, 0.4) is 0 Å². The number of nitrogens with zero attached hydrogens (tertiary/aromatic N) is 1. The van der Waals surface area contributed by atoms with Crippen molar-refractivity contribution in [2.45, 2.75) is 70.9 Å². The number of nitrogens with one attached hydrogen (secondary N) is 1. The third-order valence-corrected chi connectivity index (χ3v) is 4.69. The molecule has 3 nitrogen and oxygen atoms in total. The van der Waals surface area contributed by atoms with E-state index in [1.807, 2.05) is 0 Å². The van der Waals surface area contributed by atoms with Crippen molar-refractivity contribution in [3.05, 3.63) is 0 Å². The van der Waals surface area contributed by atoms with Crippen molar-refractivity contribution in [1.29, 1.82) is 0 Å². The Hall–Kier alpha value is -0.120. The van der Waals surface area contributed by atoms with Crippen LogP contribution < -0.4 is 5.32 Å². The van der Waals surface area contributed by atoms with Gasteiger partial charge in [0.25, 0.3) is 0 Å². The van der Waals surface area contributed by atoms with Crippen LogP contribution in [0, 0.1) is 5.41 Å². The first-order valence-corrected chi connectivity index (χ1v) is 8.65. The first-order valence-electron chi connectivity index (χ1n) is 8.65. The molecule has 0 aromatic rings. The number of ether oxygens (including phenoxy) is 1. The second kappa shape index (κ2) is 7.77. The summed E-state index contributed by atoms with van der Waals surface area (Å²) in [6, 6.07) is 0.818. The molecule has 2 rings (SSSR count). The molecule has 2 unspecified atom stereocenters. The number of likely N-dealkylation sites (N-methyl/N-ethyl adjacent to an activating group) is 1. The molecule has 0 spiro atoms. The molecule has 0 bridgehead atoms. The van der Waals surface area contributed by atoms with Crippen LogP contribution >= 0.6 is 0 Å². The minimum absolute atomic E-state index is 0.404. The summed E-state index contributed by atoms with van der Waals surface area (Å²) in [5.74, 6) is 0. The van der Waals surface area contributed by atoms with Crippen molar-refractivity contribution in [3.8, 4) is 0 Å². The predicted octanol–water partition coefficient (Wildman–Crippen LogP) is 3.05. The van der Waals surface area contributed by atoms with E-state index in [0.717, 1.165) is 19.2 Å². The Morgan fingerprint density at radius 1 is 1.25 bits per heavy atom. The molecule has 2 atom stereocenters. The highest BCUT2D eigenvalue weighted by Gasteiger charge is 2.29. The van der Waals surface area contributed by atoms with Crippen LogP contribution in [0.1, 0.15) is 58.8 Å². The van der Waals surface area contributed by atoms with Gasteiger partial charge in [-0.3, -0.25) is 0 Å². The fourth-order valence-corrected chi connectivity index (χ4v) is 3.52. The minimum Gasteiger partial charge on any atom is -0.377 e. The standard InChI is InChI=1S/C17H34N2O/c1-4-10-17(2,13-18-15-8-9-15)14-19(3)12-16-7-5-6-11-20-16/h15-16,18H,4-14H2,1-3H3. The van der Waals surface area contributed by atoms with E-state index in [1.54, 1.807) is 0 Å². The van der Waals surface area contributed by atoms with Crippen LogP contribution in [0.2, 0.25) is 0 Å². The lowest BCUT2D eigenvalue weighted by molar-refractivity contribution is -0.00749. The highest BCUT2D eigenvalue weighted by Crippen LogP contribution is 2.27. The lowest BCUT2D eigenvalue weighted by atomic mass is 9.84. The second-order valence-corrected chi connectivity index (χ2v) is 7.40. The van der Waals surface area contributed by atoms with Gasteiger partial charge in [-0.05, 0) is 51.0 Å². The van der Waals surface area contributed by atoms with Crippen molar-refractivity contribution < 1.29 is 4.74 Å². The Bertz CT molecular complexity index is 274. The molecule has 20 heavy (non-hydrogen) atoms. The van der Waals surface area contributed by atoms with Crippen LogP contribution in [-0.4, -0.2) is 50.3 Å². The maximum atomic E-state index is 5.87. The van der Waals surface area contributed by atoms with Gasteiger partial charge in [0.15, 0.2) is 0 Å². The van der Waals surface area contributed by atoms with E-state index >= 15 is 0 Å². The van der Waals surface area contributed by atoms with Gasteiger partial charge in [-0.15, -0.1) is 0 Å². The number of rotatable bonds is 9. The van der Waals surface area contributed by atoms with Crippen LogP contribution in [0.4, 0.5) is 0 Å². The van der Waals surface area contributed by atoms with Gasteiger partial charge in [0.2, 0.25) is 0 Å². The van der Waals surface area contributed by atoms with Crippen molar-refractivity contribution in [1.82, 2.24) is 10.2 Å². The zero-order chi connectivity index (χ0) is 14.4. The Morgan fingerprint density at radius 3 is 2.65 bits per heavy atom. The molecule has 0 radical (unpaired) electrons. The molecule has 1 aliphatic heterocycles. The van der Waals surface area contributed by atoms with E-state index < -0.39 is 0 Å². The zero-order valence-corrected chi connectivity index (χ0v) is 13.8. The van der Waals surface area contributed by atoms with E-state index in [9.17, 15) is 0 Å². The quantitative estimate of drug-likeness (QED) is 0.703. The second-order valence-electron chi connectivity index (χ2n) is 7.40. The maximum absolute atomic E-state index is 5.87. The SMILES string of the molecule is CCCC(C)(CNC1CC1)CN(C)CC1CCCCO1. The summed E-state index contributed by atoms with van der Waals surface area (Å²) >= 11 is 0. The van der Waals surface area contributed by atoms with Crippen molar-refractivity contribution in [2.24, 2.45) is 5.41 Å². The van der Waals surface area contributed by atoms with Gasteiger partial charge in [-0.2, -0.15) is 0 Å². The molecule has 2 fully saturated rings. The topological polar surface area (TPSA) is 24.5 Å². The van der Waals surface area contributed by atoms with Gasteiger partial charge < -0.3 is 15.0 Å². The maximum Gasteiger partial charge on any atom is 0.0701 e. The number of hydrogen-bond donors (Lipinski definition) is 1. The molecule has 1 heterocycles. The van der Waals surface area contributed by atoms with E-state index in [2.05, 4.69) is 31.1 Å². The first-order chi connectivity index (χ1) is 9.61. The largest absolute Gasteiger partial charge is 0.377 e. The van der Waals surface area contributed by atoms with Crippen LogP contribution in [-0.2, 0) is 4.74 Å². The van der Waals surface area contributed by atoms with Gasteiger partial charge in [0.05, 0.1) is 6.10 Å². The Kier molecular flexibility index (Phi) is 6.31. The van der Waals surface area contributed by atoms with Crippen LogP contribution in [0.25, 0.3) is 0 Å². The summed E-state index contributed by atoms with van der Waals surface area (Å²) < 4.78 is 5.87. The predicted molar refractivity (Wildman–Crippen MR) is 85.1 cm³/mol. The average Bonchev–Trinajstić information content (AvgIpc) is 3.22. The summed E-state index contributed by atoms with van der Waals surface area (Å²) in [4.78, 5) is 2.50. The lowest BCUT2D eigenvalue weighted by Gasteiger charge is -2.36. The molecule has 2 aliphatic rings. The normalized spacial score (nSPS) is 26.7. The molecule has 1 aliphatic carbocycles. The molecule has 3 heteroatoms. The molecule has 1 N–H and O–H groups in total. The molecule has 1 saturated heterocycles. The Morgan fingerprint density at radius 2 is 2.05 bits per heavy atom. The molecular weight excluding hydrogens is 248 g/mol. The van der Waals surface area contributed by atoms with E-state index in [1.165, 1.54) is 58.0 Å².